The summed E-state index contributed by atoms with van der Waals surface area (Å²) in [5.74, 6) is 0.566. The summed E-state index contributed by atoms with van der Waals surface area (Å²) in [6.07, 6.45) is 2.62. The first-order valence-electron chi connectivity index (χ1n) is 5.61. The van der Waals surface area contributed by atoms with E-state index >= 15 is 0 Å². The van der Waals surface area contributed by atoms with Gasteiger partial charge in [-0.1, -0.05) is 6.92 Å². The van der Waals surface area contributed by atoms with E-state index in [1.165, 1.54) is 5.56 Å². The molecular weight excluding hydrogens is 232 g/mol. The molecule has 0 amide bonds. The number of anilines is 1. The third kappa shape index (κ3) is 3.25. The lowest BCUT2D eigenvalue weighted by atomic mass is 10.0. The second-order valence-corrected chi connectivity index (χ2v) is 4.54. The van der Waals surface area contributed by atoms with Crippen molar-refractivity contribution in [2.45, 2.75) is 19.4 Å². The summed E-state index contributed by atoms with van der Waals surface area (Å²) in [4.78, 5) is 8.36. The number of rotatable bonds is 5. The quantitative estimate of drug-likeness (QED) is 0.849. The largest absolute Gasteiger partial charge is 0.384 e. The lowest BCUT2D eigenvalue weighted by Crippen LogP contribution is -2.23. The van der Waals surface area contributed by atoms with E-state index in [-0.39, 0.29) is 6.04 Å². The van der Waals surface area contributed by atoms with Crippen LogP contribution in [0.5, 0.6) is 0 Å². The van der Waals surface area contributed by atoms with Gasteiger partial charge in [-0.15, -0.1) is 11.3 Å². The molecule has 0 radical (unpaired) electrons. The van der Waals surface area contributed by atoms with Crippen LogP contribution < -0.4 is 11.1 Å². The minimum atomic E-state index is 0.244. The topological polar surface area (TPSA) is 63.8 Å². The lowest BCUT2D eigenvalue weighted by molar-refractivity contribution is 0.539. The Hall–Kier alpha value is -1.46. The molecule has 2 heterocycles. The van der Waals surface area contributed by atoms with Crippen LogP contribution in [0.15, 0.2) is 29.2 Å². The van der Waals surface area contributed by atoms with E-state index in [9.17, 15) is 0 Å². The van der Waals surface area contributed by atoms with Gasteiger partial charge in [0, 0.05) is 11.6 Å². The van der Waals surface area contributed by atoms with Crippen LogP contribution in [0, 0.1) is 0 Å². The van der Waals surface area contributed by atoms with Gasteiger partial charge < -0.3 is 11.1 Å². The number of thiazole rings is 1. The molecule has 2 aromatic heterocycles. The maximum absolute atomic E-state index is 5.68. The number of pyridine rings is 1. The number of aromatic nitrogens is 2. The maximum atomic E-state index is 5.68. The van der Waals surface area contributed by atoms with E-state index in [1.54, 1.807) is 17.5 Å². The molecule has 2 rings (SSSR count). The summed E-state index contributed by atoms with van der Waals surface area (Å²) in [6.45, 7) is 3.02. The molecule has 0 aliphatic carbocycles. The highest BCUT2D eigenvalue weighted by atomic mass is 32.1. The van der Waals surface area contributed by atoms with Crippen molar-refractivity contribution >= 4 is 17.2 Å². The summed E-state index contributed by atoms with van der Waals surface area (Å²) in [7, 11) is 0. The molecule has 0 aliphatic heterocycles. The minimum Gasteiger partial charge on any atom is -0.384 e. The summed E-state index contributed by atoms with van der Waals surface area (Å²) in [6, 6.07) is 4.15. The van der Waals surface area contributed by atoms with Crippen molar-refractivity contribution in [3.63, 3.8) is 0 Å². The second kappa shape index (κ2) is 5.75. The normalized spacial score (nSPS) is 12.5. The first-order chi connectivity index (χ1) is 8.29. The van der Waals surface area contributed by atoms with Crippen molar-refractivity contribution in [3.05, 3.63) is 40.5 Å². The molecule has 2 aromatic rings. The van der Waals surface area contributed by atoms with Crippen LogP contribution in [-0.4, -0.2) is 16.5 Å². The van der Waals surface area contributed by atoms with Crippen molar-refractivity contribution < 1.29 is 0 Å². The Morgan fingerprint density at radius 1 is 1.47 bits per heavy atom. The standard InChI is InChI=1S/C12H16N4S/c1-2-14-10(11-7-17-8-16-11)5-9-3-4-15-12(13)6-9/h3-4,6-8,10,14H,2,5H2,1H3,(H2,13,15). The fraction of sp³-hybridized carbons (Fsp3) is 0.333. The van der Waals surface area contributed by atoms with Gasteiger partial charge in [-0.2, -0.15) is 0 Å². The monoisotopic (exact) mass is 248 g/mol. The smallest absolute Gasteiger partial charge is 0.123 e. The molecule has 0 saturated carbocycles. The summed E-state index contributed by atoms with van der Waals surface area (Å²) >= 11 is 1.62. The summed E-state index contributed by atoms with van der Waals surface area (Å²) < 4.78 is 0. The van der Waals surface area contributed by atoms with E-state index < -0.39 is 0 Å². The van der Waals surface area contributed by atoms with Gasteiger partial charge >= 0.3 is 0 Å². The molecule has 3 N–H and O–H groups in total. The molecule has 0 bridgehead atoms. The molecule has 0 aliphatic rings. The van der Waals surface area contributed by atoms with Crippen molar-refractivity contribution in [3.8, 4) is 0 Å². The minimum absolute atomic E-state index is 0.244. The highest BCUT2D eigenvalue weighted by molar-refractivity contribution is 7.07. The average Bonchev–Trinajstić information content (AvgIpc) is 2.82. The van der Waals surface area contributed by atoms with Crippen molar-refractivity contribution in [2.75, 3.05) is 12.3 Å². The highest BCUT2D eigenvalue weighted by Crippen LogP contribution is 2.18. The molecule has 4 nitrogen and oxygen atoms in total. The Bertz CT molecular complexity index is 455. The Morgan fingerprint density at radius 2 is 2.35 bits per heavy atom. The zero-order valence-corrected chi connectivity index (χ0v) is 10.6. The number of likely N-dealkylation sites (N-methyl/N-ethyl adjacent to an activating group) is 1. The van der Waals surface area contributed by atoms with Crippen LogP contribution in [0.1, 0.15) is 24.2 Å². The molecular formula is C12H16N4S. The predicted octanol–water partition coefficient (Wildman–Crippen LogP) is 2.01. The first kappa shape index (κ1) is 12.0. The number of nitrogens with one attached hydrogen (secondary N) is 1. The Kier molecular flexibility index (Phi) is 4.06. The zero-order chi connectivity index (χ0) is 12.1. The van der Waals surface area contributed by atoms with E-state index in [0.717, 1.165) is 18.7 Å². The number of nitrogens with two attached hydrogens (primary N) is 1. The number of nitrogen functional groups attached to an aromatic ring is 1. The van der Waals surface area contributed by atoms with Crippen LogP contribution in [-0.2, 0) is 6.42 Å². The lowest BCUT2D eigenvalue weighted by Gasteiger charge is -2.15. The molecule has 0 fully saturated rings. The molecule has 0 saturated heterocycles. The zero-order valence-electron chi connectivity index (χ0n) is 9.76. The molecule has 1 atom stereocenters. The van der Waals surface area contributed by atoms with E-state index in [0.29, 0.717) is 5.82 Å². The molecule has 17 heavy (non-hydrogen) atoms. The van der Waals surface area contributed by atoms with Gasteiger partial charge in [0.2, 0.25) is 0 Å². The van der Waals surface area contributed by atoms with Crippen LogP contribution in [0.25, 0.3) is 0 Å². The predicted molar refractivity (Wildman–Crippen MR) is 70.9 cm³/mol. The molecule has 1 unspecified atom stereocenters. The first-order valence-corrected chi connectivity index (χ1v) is 6.55. The number of nitrogens with zero attached hydrogens (tertiary/aromatic N) is 2. The van der Waals surface area contributed by atoms with E-state index in [4.69, 9.17) is 5.73 Å². The molecule has 0 aromatic carbocycles. The fourth-order valence-electron chi connectivity index (χ4n) is 1.78. The highest BCUT2D eigenvalue weighted by Gasteiger charge is 2.13. The van der Waals surface area contributed by atoms with Crippen LogP contribution in [0.4, 0.5) is 5.82 Å². The van der Waals surface area contributed by atoms with Crippen LogP contribution >= 0.6 is 11.3 Å². The van der Waals surface area contributed by atoms with Gasteiger partial charge in [-0.3, -0.25) is 0 Å². The van der Waals surface area contributed by atoms with E-state index in [1.807, 2.05) is 17.6 Å². The number of hydrogen-bond acceptors (Lipinski definition) is 5. The van der Waals surface area contributed by atoms with Gasteiger partial charge in [0.15, 0.2) is 0 Å². The van der Waals surface area contributed by atoms with Gasteiger partial charge in [0.1, 0.15) is 5.82 Å². The number of hydrogen-bond donors (Lipinski definition) is 2. The second-order valence-electron chi connectivity index (χ2n) is 3.82. The van der Waals surface area contributed by atoms with Crippen molar-refractivity contribution in [1.29, 1.82) is 0 Å². The maximum Gasteiger partial charge on any atom is 0.123 e. The molecule has 0 spiro atoms. The average molecular weight is 248 g/mol. The van der Waals surface area contributed by atoms with Crippen molar-refractivity contribution in [1.82, 2.24) is 15.3 Å². The van der Waals surface area contributed by atoms with Gasteiger partial charge in [-0.25, -0.2) is 9.97 Å². The summed E-state index contributed by atoms with van der Waals surface area (Å²) in [5.41, 5.74) is 9.81. The molecule has 5 heteroatoms. The van der Waals surface area contributed by atoms with Crippen LogP contribution in [0.3, 0.4) is 0 Å². The van der Waals surface area contributed by atoms with E-state index in [2.05, 4.69) is 27.6 Å². The van der Waals surface area contributed by atoms with Crippen LogP contribution in [0.2, 0.25) is 0 Å². The Morgan fingerprint density at radius 3 is 3.00 bits per heavy atom. The third-order valence-corrected chi connectivity index (χ3v) is 3.15. The summed E-state index contributed by atoms with van der Waals surface area (Å²) in [5, 5.41) is 5.52. The third-order valence-electron chi connectivity index (χ3n) is 2.54. The molecule has 90 valence electrons. The fourth-order valence-corrected chi connectivity index (χ4v) is 2.39. The Balaban J connectivity index is 2.13. The van der Waals surface area contributed by atoms with Gasteiger partial charge in [-0.05, 0) is 30.7 Å². The van der Waals surface area contributed by atoms with Crippen molar-refractivity contribution in [2.24, 2.45) is 0 Å². The van der Waals surface area contributed by atoms with Gasteiger partial charge in [0.25, 0.3) is 0 Å². The SMILES string of the molecule is CCNC(Cc1ccnc(N)c1)c1cscn1. The van der Waals surface area contributed by atoms with Gasteiger partial charge in [0.05, 0.1) is 17.2 Å². The Labute approximate surface area is 105 Å².